The van der Waals surface area contributed by atoms with Crippen molar-refractivity contribution in [2.75, 3.05) is 18.6 Å². The third-order valence-electron chi connectivity index (χ3n) is 3.26. The number of carbonyl (C=O) groups excluding carboxylic acids is 3. The number of ether oxygens (including phenoxy) is 1. The lowest BCUT2D eigenvalue weighted by atomic mass is 10.0. The van der Waals surface area contributed by atoms with Crippen molar-refractivity contribution in [1.29, 1.82) is 0 Å². The molecule has 106 valence electrons. The number of amides is 1. The summed E-state index contributed by atoms with van der Waals surface area (Å²) in [6.07, 6.45) is -0.265. The van der Waals surface area contributed by atoms with E-state index in [-0.39, 0.29) is 31.1 Å². The van der Waals surface area contributed by atoms with Crippen molar-refractivity contribution in [3.8, 4) is 0 Å². The van der Waals surface area contributed by atoms with E-state index in [2.05, 4.69) is 4.74 Å². The van der Waals surface area contributed by atoms with Crippen LogP contribution in [-0.2, 0) is 19.1 Å². The number of hydrogen-bond donors (Lipinski definition) is 0. The Hall–Kier alpha value is -2.24. The molecule has 1 atom stereocenters. The van der Waals surface area contributed by atoms with Crippen LogP contribution in [0.25, 0.3) is 0 Å². The van der Waals surface area contributed by atoms with Gasteiger partial charge in [-0.2, -0.15) is 0 Å². The topological polar surface area (TPSA) is 63.7 Å². The average Bonchev–Trinajstić information content (AvgIpc) is 2.81. The fourth-order valence-corrected chi connectivity index (χ4v) is 2.15. The molecule has 1 amide bonds. The van der Waals surface area contributed by atoms with Crippen molar-refractivity contribution >= 4 is 23.3 Å². The molecule has 20 heavy (non-hydrogen) atoms. The third-order valence-corrected chi connectivity index (χ3v) is 3.26. The van der Waals surface area contributed by atoms with Gasteiger partial charge in [-0.1, -0.05) is 0 Å². The van der Waals surface area contributed by atoms with Crippen LogP contribution in [0.15, 0.2) is 24.3 Å². The molecule has 1 heterocycles. The zero-order valence-corrected chi connectivity index (χ0v) is 11.0. The van der Waals surface area contributed by atoms with Crippen molar-refractivity contribution in [1.82, 2.24) is 0 Å². The van der Waals surface area contributed by atoms with Gasteiger partial charge in [0.25, 0.3) is 0 Å². The standard InChI is InChI=1S/C14H14FNO4/c1-20-14(19)7-12(17)9-6-13(18)16(8-9)11-4-2-10(15)3-5-11/h2-5,9H,6-8H2,1H3. The van der Waals surface area contributed by atoms with Crippen LogP contribution in [0, 0.1) is 11.7 Å². The highest BCUT2D eigenvalue weighted by Crippen LogP contribution is 2.26. The minimum absolute atomic E-state index is 0.0627. The molecule has 1 aliphatic heterocycles. The summed E-state index contributed by atoms with van der Waals surface area (Å²) >= 11 is 0. The van der Waals surface area contributed by atoms with Crippen molar-refractivity contribution < 1.29 is 23.5 Å². The van der Waals surface area contributed by atoms with Gasteiger partial charge >= 0.3 is 5.97 Å². The molecule has 0 spiro atoms. The van der Waals surface area contributed by atoms with E-state index < -0.39 is 17.7 Å². The Morgan fingerprint density at radius 2 is 2.00 bits per heavy atom. The molecule has 1 aliphatic rings. The molecule has 1 aromatic rings. The highest BCUT2D eigenvalue weighted by Gasteiger charge is 2.35. The van der Waals surface area contributed by atoms with Gasteiger partial charge in [0.2, 0.25) is 5.91 Å². The number of anilines is 1. The number of Topliss-reactive ketones (excluding diaryl/α,β-unsaturated/α-hetero) is 1. The van der Waals surface area contributed by atoms with E-state index in [1.807, 2.05) is 0 Å². The first kappa shape index (κ1) is 14.2. The maximum Gasteiger partial charge on any atom is 0.313 e. The minimum Gasteiger partial charge on any atom is -0.469 e. The normalized spacial score (nSPS) is 18.2. The summed E-state index contributed by atoms with van der Waals surface area (Å²) < 4.78 is 17.3. The summed E-state index contributed by atoms with van der Waals surface area (Å²) in [6, 6.07) is 5.49. The number of hydrogen-bond acceptors (Lipinski definition) is 4. The molecule has 1 aromatic carbocycles. The number of carbonyl (C=O) groups is 3. The van der Waals surface area contributed by atoms with E-state index in [9.17, 15) is 18.8 Å². The number of esters is 1. The van der Waals surface area contributed by atoms with Gasteiger partial charge in [-0.05, 0) is 24.3 Å². The quantitative estimate of drug-likeness (QED) is 0.616. The summed E-state index contributed by atoms with van der Waals surface area (Å²) in [4.78, 5) is 36.2. The fraction of sp³-hybridized carbons (Fsp3) is 0.357. The first-order valence-corrected chi connectivity index (χ1v) is 6.16. The molecule has 0 bridgehead atoms. The van der Waals surface area contributed by atoms with E-state index in [4.69, 9.17) is 0 Å². The molecule has 0 aromatic heterocycles. The number of benzene rings is 1. The van der Waals surface area contributed by atoms with Gasteiger partial charge in [-0.15, -0.1) is 0 Å². The van der Waals surface area contributed by atoms with Crippen LogP contribution in [0.5, 0.6) is 0 Å². The molecular weight excluding hydrogens is 265 g/mol. The van der Waals surface area contributed by atoms with E-state index in [1.54, 1.807) is 0 Å². The molecule has 0 radical (unpaired) electrons. The third kappa shape index (κ3) is 3.01. The lowest BCUT2D eigenvalue weighted by molar-refractivity contribution is -0.144. The van der Waals surface area contributed by atoms with Crippen LogP contribution < -0.4 is 4.90 Å². The lowest BCUT2D eigenvalue weighted by Gasteiger charge is -2.16. The van der Waals surface area contributed by atoms with E-state index in [0.29, 0.717) is 5.69 Å². The predicted octanol–water partition coefficient (Wildman–Crippen LogP) is 1.31. The molecule has 2 rings (SSSR count). The van der Waals surface area contributed by atoms with Gasteiger partial charge < -0.3 is 9.64 Å². The van der Waals surface area contributed by atoms with Crippen LogP contribution in [0.1, 0.15) is 12.8 Å². The largest absolute Gasteiger partial charge is 0.469 e. The van der Waals surface area contributed by atoms with Gasteiger partial charge in [0.1, 0.15) is 18.0 Å². The Kier molecular flexibility index (Phi) is 4.12. The number of rotatable bonds is 4. The molecule has 0 N–H and O–H groups in total. The van der Waals surface area contributed by atoms with Gasteiger partial charge in [0, 0.05) is 24.6 Å². The second-order valence-electron chi connectivity index (χ2n) is 4.60. The van der Waals surface area contributed by atoms with Gasteiger partial charge in [-0.25, -0.2) is 4.39 Å². The predicted molar refractivity (Wildman–Crippen MR) is 68.5 cm³/mol. The molecule has 0 aliphatic carbocycles. The summed E-state index contributed by atoms with van der Waals surface area (Å²) in [7, 11) is 1.21. The first-order valence-electron chi connectivity index (χ1n) is 6.16. The van der Waals surface area contributed by atoms with Gasteiger partial charge in [-0.3, -0.25) is 14.4 Å². The number of nitrogens with zero attached hydrogens (tertiary/aromatic N) is 1. The Morgan fingerprint density at radius 1 is 1.35 bits per heavy atom. The molecule has 1 unspecified atom stereocenters. The molecule has 6 heteroatoms. The molecule has 1 fully saturated rings. The van der Waals surface area contributed by atoms with Crippen LogP contribution >= 0.6 is 0 Å². The second kappa shape index (κ2) is 5.81. The Bertz CT molecular complexity index is 541. The van der Waals surface area contributed by atoms with E-state index in [0.717, 1.165) is 0 Å². The van der Waals surface area contributed by atoms with Crippen molar-refractivity contribution in [3.63, 3.8) is 0 Å². The zero-order chi connectivity index (χ0) is 14.7. The molecule has 0 saturated carbocycles. The highest BCUT2D eigenvalue weighted by atomic mass is 19.1. The summed E-state index contributed by atoms with van der Waals surface area (Å²) in [5.41, 5.74) is 0.546. The van der Waals surface area contributed by atoms with Gasteiger partial charge in [0.15, 0.2) is 0 Å². The number of ketones is 1. The van der Waals surface area contributed by atoms with Crippen molar-refractivity contribution in [2.24, 2.45) is 5.92 Å². The monoisotopic (exact) mass is 279 g/mol. The van der Waals surface area contributed by atoms with E-state index in [1.165, 1.54) is 36.3 Å². The molecular formula is C14H14FNO4. The highest BCUT2D eigenvalue weighted by molar-refractivity contribution is 6.04. The molecule has 5 nitrogen and oxygen atoms in total. The van der Waals surface area contributed by atoms with Crippen molar-refractivity contribution in [3.05, 3.63) is 30.1 Å². The Morgan fingerprint density at radius 3 is 2.60 bits per heavy atom. The maximum atomic E-state index is 12.8. The lowest BCUT2D eigenvalue weighted by Crippen LogP contribution is -2.26. The zero-order valence-electron chi connectivity index (χ0n) is 11.0. The SMILES string of the molecule is COC(=O)CC(=O)C1CC(=O)N(c2ccc(F)cc2)C1. The van der Waals surface area contributed by atoms with Gasteiger partial charge in [0.05, 0.1) is 7.11 Å². The Labute approximate surface area is 115 Å². The smallest absolute Gasteiger partial charge is 0.313 e. The first-order chi connectivity index (χ1) is 9.51. The maximum absolute atomic E-state index is 12.8. The second-order valence-corrected chi connectivity index (χ2v) is 4.60. The summed E-state index contributed by atoms with van der Waals surface area (Å²) in [6.45, 7) is 0.209. The van der Waals surface area contributed by atoms with Crippen LogP contribution in [-0.4, -0.2) is 31.3 Å². The Balaban J connectivity index is 2.05. The van der Waals surface area contributed by atoms with Crippen molar-refractivity contribution in [2.45, 2.75) is 12.8 Å². The summed E-state index contributed by atoms with van der Waals surface area (Å²) in [5.74, 6) is -2.04. The fourth-order valence-electron chi connectivity index (χ4n) is 2.15. The molecule has 1 saturated heterocycles. The minimum atomic E-state index is -0.609. The summed E-state index contributed by atoms with van der Waals surface area (Å²) in [5, 5.41) is 0. The van der Waals surface area contributed by atoms with Crippen LogP contribution in [0.2, 0.25) is 0 Å². The van der Waals surface area contributed by atoms with Crippen LogP contribution in [0.4, 0.5) is 10.1 Å². The van der Waals surface area contributed by atoms with Crippen LogP contribution in [0.3, 0.4) is 0 Å². The average molecular weight is 279 g/mol. The number of halogens is 1. The number of methoxy groups -OCH3 is 1. The van der Waals surface area contributed by atoms with E-state index >= 15 is 0 Å².